The number of halogens is 1. The molecule has 1 fully saturated rings. The molecule has 2 aromatic rings. The SMILES string of the molecule is CC1CNCCCCN1S(=O)(=O)c1cccc2cncc(Cl)c12. The van der Waals surface area contributed by atoms with Crippen molar-refractivity contribution >= 4 is 32.4 Å². The van der Waals surface area contributed by atoms with E-state index in [1.165, 1.54) is 6.20 Å². The quantitative estimate of drug-likeness (QED) is 0.901. The second-order valence-electron chi connectivity index (χ2n) is 5.85. The van der Waals surface area contributed by atoms with Crippen molar-refractivity contribution in [2.45, 2.75) is 30.7 Å². The first-order valence-corrected chi connectivity index (χ1v) is 9.58. The van der Waals surface area contributed by atoms with Crippen LogP contribution in [0.4, 0.5) is 0 Å². The van der Waals surface area contributed by atoms with E-state index in [2.05, 4.69) is 10.3 Å². The Morgan fingerprint density at radius 2 is 2.13 bits per heavy atom. The number of hydrogen-bond donors (Lipinski definition) is 1. The topological polar surface area (TPSA) is 62.3 Å². The molecule has 1 aliphatic rings. The van der Waals surface area contributed by atoms with Gasteiger partial charge in [0.05, 0.1) is 9.92 Å². The minimum atomic E-state index is -3.62. The third-order valence-corrected chi connectivity index (χ3v) is 6.54. The fourth-order valence-electron chi connectivity index (χ4n) is 3.01. The summed E-state index contributed by atoms with van der Waals surface area (Å²) >= 11 is 6.24. The summed E-state index contributed by atoms with van der Waals surface area (Å²) in [6.07, 6.45) is 4.94. The predicted molar refractivity (Wildman–Crippen MR) is 92.2 cm³/mol. The zero-order valence-electron chi connectivity index (χ0n) is 13.0. The summed E-state index contributed by atoms with van der Waals surface area (Å²) in [5.41, 5.74) is 0. The van der Waals surface area contributed by atoms with Gasteiger partial charge in [0.15, 0.2) is 0 Å². The molecule has 124 valence electrons. The Balaban J connectivity index is 2.12. The smallest absolute Gasteiger partial charge is 0.244 e. The minimum Gasteiger partial charge on any atom is -0.315 e. The first-order chi connectivity index (χ1) is 11.0. The average molecular weight is 354 g/mol. The monoisotopic (exact) mass is 353 g/mol. The van der Waals surface area contributed by atoms with Crippen LogP contribution in [-0.4, -0.2) is 43.4 Å². The van der Waals surface area contributed by atoms with Crippen LogP contribution >= 0.6 is 11.6 Å². The van der Waals surface area contributed by atoms with Crippen LogP contribution < -0.4 is 5.32 Å². The van der Waals surface area contributed by atoms with Crippen molar-refractivity contribution in [3.05, 3.63) is 35.6 Å². The molecule has 2 heterocycles. The molecule has 0 spiro atoms. The maximum atomic E-state index is 13.2. The van der Waals surface area contributed by atoms with Crippen molar-refractivity contribution in [1.29, 1.82) is 0 Å². The summed E-state index contributed by atoms with van der Waals surface area (Å²) in [6, 6.07) is 5.09. The zero-order chi connectivity index (χ0) is 16.4. The van der Waals surface area contributed by atoms with Gasteiger partial charge in [0.1, 0.15) is 0 Å². The minimum absolute atomic E-state index is 0.101. The van der Waals surface area contributed by atoms with Gasteiger partial charge in [-0.15, -0.1) is 0 Å². The molecule has 1 aromatic carbocycles. The first-order valence-electron chi connectivity index (χ1n) is 7.76. The lowest BCUT2D eigenvalue weighted by molar-refractivity contribution is 0.301. The summed E-state index contributed by atoms with van der Waals surface area (Å²) in [6.45, 7) is 4.05. The van der Waals surface area contributed by atoms with Gasteiger partial charge < -0.3 is 5.32 Å². The van der Waals surface area contributed by atoms with Crippen molar-refractivity contribution in [3.8, 4) is 0 Å². The Labute approximate surface area is 141 Å². The summed E-state index contributed by atoms with van der Waals surface area (Å²) in [7, 11) is -3.62. The van der Waals surface area contributed by atoms with E-state index in [1.54, 1.807) is 22.6 Å². The standard InChI is InChI=1S/C16H20ClN3O2S/c1-12-9-18-7-2-3-8-20(12)23(21,22)15-6-4-5-13-10-19-11-14(17)16(13)15/h4-6,10-12,18H,2-3,7-9H2,1H3. The van der Waals surface area contributed by atoms with Crippen LogP contribution in [0.5, 0.6) is 0 Å². The van der Waals surface area contributed by atoms with Crippen molar-refractivity contribution in [3.63, 3.8) is 0 Å². The molecule has 1 atom stereocenters. The van der Waals surface area contributed by atoms with Crippen molar-refractivity contribution < 1.29 is 8.42 Å². The van der Waals surface area contributed by atoms with Gasteiger partial charge in [0.25, 0.3) is 0 Å². The number of benzene rings is 1. The number of sulfonamides is 1. The molecule has 23 heavy (non-hydrogen) atoms. The van der Waals surface area contributed by atoms with Crippen LogP contribution in [0.15, 0.2) is 35.5 Å². The molecule has 0 aliphatic carbocycles. The Morgan fingerprint density at radius 1 is 1.30 bits per heavy atom. The Kier molecular flexibility index (Phi) is 4.87. The van der Waals surface area contributed by atoms with E-state index < -0.39 is 10.0 Å². The molecule has 3 rings (SSSR count). The highest BCUT2D eigenvalue weighted by Crippen LogP contribution is 2.31. The molecule has 1 saturated heterocycles. The number of nitrogens with zero attached hydrogens (tertiary/aromatic N) is 2. The number of aromatic nitrogens is 1. The number of nitrogens with one attached hydrogen (secondary N) is 1. The molecule has 0 radical (unpaired) electrons. The molecule has 0 saturated carbocycles. The highest BCUT2D eigenvalue weighted by atomic mass is 35.5. The fraction of sp³-hybridized carbons (Fsp3) is 0.438. The number of pyridine rings is 1. The second kappa shape index (κ2) is 6.73. The normalized spacial score (nSPS) is 21.0. The molecular formula is C16H20ClN3O2S. The summed E-state index contributed by atoms with van der Waals surface area (Å²) in [5.74, 6) is 0. The molecule has 1 unspecified atom stereocenters. The molecule has 1 N–H and O–H groups in total. The van der Waals surface area contributed by atoms with Gasteiger partial charge in [-0.05, 0) is 32.4 Å². The predicted octanol–water partition coefficient (Wildman–Crippen LogP) is 2.65. The molecule has 1 aliphatic heterocycles. The van der Waals surface area contributed by atoms with Crippen LogP contribution in [0.3, 0.4) is 0 Å². The van der Waals surface area contributed by atoms with Gasteiger partial charge in [-0.1, -0.05) is 23.7 Å². The Morgan fingerprint density at radius 3 is 2.96 bits per heavy atom. The van der Waals surface area contributed by atoms with Gasteiger partial charge in [-0.3, -0.25) is 4.98 Å². The molecule has 0 amide bonds. The van der Waals surface area contributed by atoms with Crippen LogP contribution in [0.25, 0.3) is 10.8 Å². The summed E-state index contributed by atoms with van der Waals surface area (Å²) in [5, 5.41) is 4.94. The lowest BCUT2D eigenvalue weighted by atomic mass is 10.2. The van der Waals surface area contributed by atoms with Gasteiger partial charge in [0.2, 0.25) is 10.0 Å². The fourth-order valence-corrected chi connectivity index (χ4v) is 5.24. The third-order valence-electron chi connectivity index (χ3n) is 4.20. The lowest BCUT2D eigenvalue weighted by Crippen LogP contribution is -2.46. The van der Waals surface area contributed by atoms with E-state index >= 15 is 0 Å². The highest BCUT2D eigenvalue weighted by molar-refractivity contribution is 7.89. The number of fused-ring (bicyclic) bond motifs is 1. The molecular weight excluding hydrogens is 334 g/mol. The summed E-state index contributed by atoms with van der Waals surface area (Å²) in [4.78, 5) is 4.30. The van der Waals surface area contributed by atoms with Crippen LogP contribution in [0.2, 0.25) is 5.02 Å². The van der Waals surface area contributed by atoms with Gasteiger partial charge in [-0.25, -0.2) is 8.42 Å². The maximum Gasteiger partial charge on any atom is 0.244 e. The maximum absolute atomic E-state index is 13.2. The van der Waals surface area contributed by atoms with Crippen LogP contribution in [0, 0.1) is 0 Å². The van der Waals surface area contributed by atoms with Crippen LogP contribution in [-0.2, 0) is 10.0 Å². The van der Waals surface area contributed by atoms with E-state index in [4.69, 9.17) is 11.6 Å². The molecule has 7 heteroatoms. The third kappa shape index (κ3) is 3.21. The van der Waals surface area contributed by atoms with E-state index in [1.807, 2.05) is 13.0 Å². The molecule has 1 aromatic heterocycles. The largest absolute Gasteiger partial charge is 0.315 e. The highest BCUT2D eigenvalue weighted by Gasteiger charge is 2.31. The van der Waals surface area contributed by atoms with Crippen molar-refractivity contribution in [2.24, 2.45) is 0 Å². The van der Waals surface area contributed by atoms with Crippen molar-refractivity contribution in [2.75, 3.05) is 19.6 Å². The molecule has 0 bridgehead atoms. The van der Waals surface area contributed by atoms with E-state index in [9.17, 15) is 8.42 Å². The number of rotatable bonds is 2. The number of hydrogen-bond acceptors (Lipinski definition) is 4. The van der Waals surface area contributed by atoms with Crippen molar-refractivity contribution in [1.82, 2.24) is 14.6 Å². The van der Waals surface area contributed by atoms with Gasteiger partial charge in [0, 0.05) is 42.3 Å². The van der Waals surface area contributed by atoms with E-state index in [0.29, 0.717) is 23.5 Å². The van der Waals surface area contributed by atoms with Gasteiger partial charge >= 0.3 is 0 Å². The first kappa shape index (κ1) is 16.6. The average Bonchev–Trinajstić information content (AvgIpc) is 2.50. The molecule has 5 nitrogen and oxygen atoms in total. The van der Waals surface area contributed by atoms with E-state index in [0.717, 1.165) is 24.8 Å². The second-order valence-corrected chi connectivity index (χ2v) is 8.12. The summed E-state index contributed by atoms with van der Waals surface area (Å²) < 4.78 is 28.1. The zero-order valence-corrected chi connectivity index (χ0v) is 14.6. The Bertz CT molecular complexity index is 805. The van der Waals surface area contributed by atoms with Gasteiger partial charge in [-0.2, -0.15) is 4.31 Å². The Hall–Kier alpha value is -1.21. The lowest BCUT2D eigenvalue weighted by Gasteiger charge is -2.31. The van der Waals surface area contributed by atoms with Crippen LogP contribution in [0.1, 0.15) is 19.8 Å². The van der Waals surface area contributed by atoms with E-state index in [-0.39, 0.29) is 10.9 Å².